The number of carbonyl (C=O) groups excluding carboxylic acids is 1. The number of hydrogen-bond acceptors (Lipinski definition) is 2. The molecule has 0 aromatic carbocycles. The normalized spacial score (nSPS) is 40.5. The summed E-state index contributed by atoms with van der Waals surface area (Å²) in [7, 11) is 0. The molecule has 2 aliphatic carbocycles. The molecule has 5 unspecified atom stereocenters. The second-order valence-electron chi connectivity index (χ2n) is 7.13. The molecule has 108 valence electrons. The second kappa shape index (κ2) is 4.80. The first kappa shape index (κ1) is 14.4. The van der Waals surface area contributed by atoms with Gasteiger partial charge < -0.3 is 10.4 Å². The predicted molar refractivity (Wildman–Crippen MR) is 72.5 cm³/mol. The molecule has 19 heavy (non-hydrogen) atoms. The molecule has 2 rings (SSSR count). The average molecular weight is 267 g/mol. The summed E-state index contributed by atoms with van der Waals surface area (Å²) < 4.78 is 0. The SMILES string of the molecule is CC1CCC(NC(=O)C2C(C(=O)O)C2(C)C)C(C)C1. The maximum absolute atomic E-state index is 12.3. The zero-order valence-corrected chi connectivity index (χ0v) is 12.3. The number of carboxylic acids is 1. The van der Waals surface area contributed by atoms with E-state index >= 15 is 0 Å². The van der Waals surface area contributed by atoms with Crippen LogP contribution in [-0.2, 0) is 9.59 Å². The quantitative estimate of drug-likeness (QED) is 0.824. The molecule has 2 saturated carbocycles. The fourth-order valence-corrected chi connectivity index (χ4v) is 3.74. The van der Waals surface area contributed by atoms with E-state index < -0.39 is 17.3 Å². The third-order valence-electron chi connectivity index (χ3n) is 5.14. The van der Waals surface area contributed by atoms with Gasteiger partial charge in [-0.3, -0.25) is 9.59 Å². The van der Waals surface area contributed by atoms with Gasteiger partial charge in [0.05, 0.1) is 11.8 Å². The lowest BCUT2D eigenvalue weighted by Gasteiger charge is -2.33. The number of rotatable bonds is 3. The predicted octanol–water partition coefficient (Wildman–Crippen LogP) is 2.28. The van der Waals surface area contributed by atoms with E-state index in [1.165, 1.54) is 0 Å². The number of carbonyl (C=O) groups is 2. The number of hydrogen-bond donors (Lipinski definition) is 2. The molecular formula is C15H25NO3. The average Bonchev–Trinajstić information content (AvgIpc) is 2.86. The van der Waals surface area contributed by atoms with Gasteiger partial charge in [0.15, 0.2) is 0 Å². The molecule has 0 aliphatic heterocycles. The Kier molecular flexibility index (Phi) is 3.63. The molecule has 0 aromatic heterocycles. The van der Waals surface area contributed by atoms with E-state index in [2.05, 4.69) is 19.2 Å². The second-order valence-corrected chi connectivity index (χ2v) is 7.13. The van der Waals surface area contributed by atoms with Gasteiger partial charge in [-0.1, -0.05) is 27.7 Å². The van der Waals surface area contributed by atoms with Crippen LogP contribution in [0, 0.1) is 29.1 Å². The summed E-state index contributed by atoms with van der Waals surface area (Å²) in [5.74, 6) is -0.591. The van der Waals surface area contributed by atoms with Crippen molar-refractivity contribution in [2.24, 2.45) is 29.1 Å². The first-order valence-corrected chi connectivity index (χ1v) is 7.28. The summed E-state index contributed by atoms with van der Waals surface area (Å²) in [6, 6.07) is 0.217. The first-order chi connectivity index (χ1) is 8.75. The van der Waals surface area contributed by atoms with Crippen LogP contribution in [0.4, 0.5) is 0 Å². The van der Waals surface area contributed by atoms with Gasteiger partial charge in [0, 0.05) is 6.04 Å². The fourth-order valence-electron chi connectivity index (χ4n) is 3.74. The van der Waals surface area contributed by atoms with Crippen molar-refractivity contribution < 1.29 is 14.7 Å². The molecule has 4 heteroatoms. The highest BCUT2D eigenvalue weighted by Crippen LogP contribution is 2.58. The zero-order valence-electron chi connectivity index (χ0n) is 12.3. The molecule has 2 aliphatic rings. The van der Waals surface area contributed by atoms with Crippen molar-refractivity contribution in [3.63, 3.8) is 0 Å². The summed E-state index contributed by atoms with van der Waals surface area (Å²) in [5.41, 5.74) is -0.402. The Labute approximate surface area is 115 Å². The van der Waals surface area contributed by atoms with Gasteiger partial charge in [0.2, 0.25) is 5.91 Å². The topological polar surface area (TPSA) is 66.4 Å². The fraction of sp³-hybridized carbons (Fsp3) is 0.867. The molecule has 0 radical (unpaired) electrons. The van der Waals surface area contributed by atoms with E-state index in [9.17, 15) is 9.59 Å². The van der Waals surface area contributed by atoms with Crippen molar-refractivity contribution in [3.8, 4) is 0 Å². The largest absolute Gasteiger partial charge is 0.481 e. The first-order valence-electron chi connectivity index (χ1n) is 7.28. The number of nitrogens with one attached hydrogen (secondary N) is 1. The van der Waals surface area contributed by atoms with Crippen LogP contribution in [0.1, 0.15) is 47.0 Å². The molecule has 4 nitrogen and oxygen atoms in total. The molecule has 0 bridgehead atoms. The Morgan fingerprint density at radius 1 is 1.16 bits per heavy atom. The Bertz CT molecular complexity index is 391. The van der Waals surface area contributed by atoms with Gasteiger partial charge >= 0.3 is 5.97 Å². The van der Waals surface area contributed by atoms with Gasteiger partial charge in [-0.2, -0.15) is 0 Å². The summed E-state index contributed by atoms with van der Waals surface area (Å²) in [6.45, 7) is 8.15. The third kappa shape index (κ3) is 2.63. The Morgan fingerprint density at radius 3 is 2.26 bits per heavy atom. The maximum Gasteiger partial charge on any atom is 0.307 e. The monoisotopic (exact) mass is 267 g/mol. The lowest BCUT2D eigenvalue weighted by molar-refractivity contribution is -0.140. The molecular weight excluding hydrogens is 242 g/mol. The highest BCUT2D eigenvalue weighted by Gasteiger charge is 2.66. The molecule has 2 N–H and O–H groups in total. The Balaban J connectivity index is 1.94. The van der Waals surface area contributed by atoms with Gasteiger partial charge in [0.1, 0.15) is 0 Å². The summed E-state index contributed by atoms with van der Waals surface area (Å²) in [5, 5.41) is 12.2. The smallest absolute Gasteiger partial charge is 0.307 e. The number of amides is 1. The van der Waals surface area contributed by atoms with Crippen LogP contribution >= 0.6 is 0 Å². The van der Waals surface area contributed by atoms with Gasteiger partial charge in [0.25, 0.3) is 0 Å². The Morgan fingerprint density at radius 2 is 1.79 bits per heavy atom. The van der Waals surface area contributed by atoms with E-state index in [1.807, 2.05) is 13.8 Å². The number of carboxylic acid groups (broad SMARTS) is 1. The van der Waals surface area contributed by atoms with Gasteiger partial charge in [-0.05, 0) is 36.5 Å². The minimum Gasteiger partial charge on any atom is -0.481 e. The molecule has 0 spiro atoms. The van der Waals surface area contributed by atoms with Crippen LogP contribution in [0.3, 0.4) is 0 Å². The van der Waals surface area contributed by atoms with Gasteiger partial charge in [-0.15, -0.1) is 0 Å². The zero-order chi connectivity index (χ0) is 14.4. The summed E-state index contributed by atoms with van der Waals surface area (Å²) in [6.07, 6.45) is 3.30. The molecule has 1 amide bonds. The lowest BCUT2D eigenvalue weighted by atomic mass is 9.80. The van der Waals surface area contributed by atoms with Crippen molar-refractivity contribution in [1.82, 2.24) is 5.32 Å². The highest BCUT2D eigenvalue weighted by molar-refractivity contribution is 5.91. The van der Waals surface area contributed by atoms with Crippen molar-refractivity contribution in [2.75, 3.05) is 0 Å². The van der Waals surface area contributed by atoms with E-state index in [0.29, 0.717) is 5.92 Å². The van der Waals surface area contributed by atoms with Crippen LogP contribution in [0.2, 0.25) is 0 Å². The molecule has 5 atom stereocenters. The molecule has 0 aromatic rings. The third-order valence-corrected chi connectivity index (χ3v) is 5.14. The van der Waals surface area contributed by atoms with Crippen molar-refractivity contribution in [3.05, 3.63) is 0 Å². The van der Waals surface area contributed by atoms with Crippen molar-refractivity contribution >= 4 is 11.9 Å². The van der Waals surface area contributed by atoms with E-state index in [4.69, 9.17) is 5.11 Å². The van der Waals surface area contributed by atoms with Crippen molar-refractivity contribution in [2.45, 2.75) is 53.0 Å². The summed E-state index contributed by atoms with van der Waals surface area (Å²) in [4.78, 5) is 23.4. The van der Waals surface area contributed by atoms with E-state index in [-0.39, 0.29) is 17.9 Å². The molecule has 0 saturated heterocycles. The lowest BCUT2D eigenvalue weighted by Crippen LogP contribution is -2.43. The van der Waals surface area contributed by atoms with Crippen LogP contribution in [-0.4, -0.2) is 23.0 Å². The van der Waals surface area contributed by atoms with E-state index in [0.717, 1.165) is 25.2 Å². The van der Waals surface area contributed by atoms with Crippen LogP contribution in [0.25, 0.3) is 0 Å². The Hall–Kier alpha value is -1.06. The van der Waals surface area contributed by atoms with Gasteiger partial charge in [-0.25, -0.2) is 0 Å². The van der Waals surface area contributed by atoms with Crippen LogP contribution in [0.5, 0.6) is 0 Å². The molecule has 2 fully saturated rings. The van der Waals surface area contributed by atoms with E-state index in [1.54, 1.807) is 0 Å². The minimum atomic E-state index is -0.851. The van der Waals surface area contributed by atoms with Crippen molar-refractivity contribution in [1.29, 1.82) is 0 Å². The number of aliphatic carboxylic acids is 1. The maximum atomic E-state index is 12.3. The molecule has 0 heterocycles. The summed E-state index contributed by atoms with van der Waals surface area (Å²) >= 11 is 0. The standard InChI is InChI=1S/C15H25NO3/c1-8-5-6-10(9(2)7-8)16-13(17)11-12(14(18)19)15(11,3)4/h8-12H,5-7H2,1-4H3,(H,16,17)(H,18,19). The minimum absolute atomic E-state index is 0.0659. The van der Waals surface area contributed by atoms with Crippen LogP contribution < -0.4 is 5.32 Å². The highest BCUT2D eigenvalue weighted by atomic mass is 16.4. The van der Waals surface area contributed by atoms with Crippen LogP contribution in [0.15, 0.2) is 0 Å².